The highest BCUT2D eigenvalue weighted by molar-refractivity contribution is 7.18. The van der Waals surface area contributed by atoms with Crippen molar-refractivity contribution in [2.45, 2.75) is 39.7 Å². The number of aromatic nitrogens is 1. The van der Waals surface area contributed by atoms with Gasteiger partial charge in [0.1, 0.15) is 23.7 Å². The van der Waals surface area contributed by atoms with Gasteiger partial charge in [-0.2, -0.15) is 0 Å². The van der Waals surface area contributed by atoms with Crippen LogP contribution < -0.4 is 14.2 Å². The van der Waals surface area contributed by atoms with Crippen LogP contribution in [0.1, 0.15) is 53.6 Å². The van der Waals surface area contributed by atoms with Crippen molar-refractivity contribution in [3.05, 3.63) is 70.7 Å². The number of rotatable bonds is 13. The Morgan fingerprint density at radius 3 is 2.43 bits per heavy atom. The quantitative estimate of drug-likeness (QED) is 0.175. The van der Waals surface area contributed by atoms with Crippen molar-refractivity contribution in [1.82, 2.24) is 4.98 Å². The molecule has 9 heteroatoms. The molecule has 0 aliphatic rings. The Hall–Kier alpha value is -3.79. The summed E-state index contributed by atoms with van der Waals surface area (Å²) >= 11 is 1.62. The first-order valence-electron chi connectivity index (χ1n) is 13.7. The maximum absolute atomic E-state index is 14.0. The molecule has 0 unspecified atom stereocenters. The van der Waals surface area contributed by atoms with Gasteiger partial charge in [-0.05, 0) is 63.6 Å². The van der Waals surface area contributed by atoms with E-state index in [0.717, 1.165) is 21.2 Å². The summed E-state index contributed by atoms with van der Waals surface area (Å²) in [5.41, 5.74) is 2.73. The van der Waals surface area contributed by atoms with Gasteiger partial charge in [-0.1, -0.05) is 18.2 Å². The zero-order valence-electron chi connectivity index (χ0n) is 24.9. The minimum Gasteiger partial charge on any atom is -0.494 e. The number of aliphatic hydroxyl groups excluding tert-OH is 1. The number of hydrogen-bond donors (Lipinski definition) is 1. The SMILES string of the molecule is COc1cc(C(=O)C[C@@H](COC(C)(C)C)C(=O)c2ccc(OC)c(-c3csc4c(C)cccc34)n2)ccc1OCCO. The first kappa shape index (κ1) is 31.2. The number of benzene rings is 2. The van der Waals surface area contributed by atoms with Gasteiger partial charge in [-0.15, -0.1) is 11.3 Å². The molecule has 1 atom stereocenters. The number of carbonyl (C=O) groups is 2. The smallest absolute Gasteiger partial charge is 0.187 e. The largest absolute Gasteiger partial charge is 0.494 e. The first-order chi connectivity index (χ1) is 20.1. The highest BCUT2D eigenvalue weighted by Crippen LogP contribution is 2.39. The molecule has 0 aliphatic heterocycles. The third-order valence-corrected chi connectivity index (χ3v) is 7.87. The second kappa shape index (κ2) is 13.5. The topological polar surface area (TPSA) is 104 Å². The third kappa shape index (κ3) is 7.15. The number of methoxy groups -OCH3 is 2. The highest BCUT2D eigenvalue weighted by Gasteiger charge is 2.29. The molecule has 0 radical (unpaired) electrons. The summed E-state index contributed by atoms with van der Waals surface area (Å²) in [6.07, 6.45) is -0.0848. The summed E-state index contributed by atoms with van der Waals surface area (Å²) in [6.45, 7) is 7.77. The van der Waals surface area contributed by atoms with Crippen LogP contribution >= 0.6 is 11.3 Å². The fraction of sp³-hybridized carbons (Fsp3) is 0.364. The molecule has 0 saturated carbocycles. The molecule has 2 aromatic carbocycles. The molecule has 222 valence electrons. The van der Waals surface area contributed by atoms with Crippen LogP contribution in [0.15, 0.2) is 53.9 Å². The number of nitrogens with zero attached hydrogens (tertiary/aromatic N) is 1. The van der Waals surface area contributed by atoms with Gasteiger partial charge in [0.2, 0.25) is 0 Å². The summed E-state index contributed by atoms with van der Waals surface area (Å²) in [6, 6.07) is 14.3. The Morgan fingerprint density at radius 2 is 1.74 bits per heavy atom. The summed E-state index contributed by atoms with van der Waals surface area (Å²) in [5, 5.41) is 12.1. The van der Waals surface area contributed by atoms with Gasteiger partial charge in [0, 0.05) is 33.0 Å². The van der Waals surface area contributed by atoms with Crippen LogP contribution in [0.3, 0.4) is 0 Å². The lowest BCUT2D eigenvalue weighted by molar-refractivity contribution is -0.0190. The Morgan fingerprint density at radius 1 is 1.00 bits per heavy atom. The number of thiophene rings is 1. The van der Waals surface area contributed by atoms with E-state index in [0.29, 0.717) is 28.5 Å². The van der Waals surface area contributed by atoms with Crippen LogP contribution in [0.25, 0.3) is 21.3 Å². The van der Waals surface area contributed by atoms with Crippen LogP contribution in [0, 0.1) is 12.8 Å². The molecule has 0 saturated heterocycles. The molecule has 0 bridgehead atoms. The monoisotopic (exact) mass is 591 g/mol. The zero-order chi connectivity index (χ0) is 30.4. The standard InChI is InChI=1S/C33H37NO7S/c1-20-8-7-9-23-24(19-42-32(20)23)30-28(38-5)13-11-25(34-30)31(37)22(18-41-33(2,3)4)16-26(36)21-10-12-27(40-15-14-35)29(17-21)39-6/h7-13,17,19,22,35H,14-16,18H2,1-6H3/t22-/m0/s1. The van der Waals surface area contributed by atoms with Crippen molar-refractivity contribution >= 4 is 33.0 Å². The van der Waals surface area contributed by atoms with Crippen LogP contribution in [0.4, 0.5) is 0 Å². The molecule has 4 rings (SSSR count). The van der Waals surface area contributed by atoms with Crippen molar-refractivity contribution in [3.8, 4) is 28.5 Å². The van der Waals surface area contributed by atoms with E-state index in [4.69, 9.17) is 29.0 Å². The molecule has 2 heterocycles. The number of ether oxygens (including phenoxy) is 4. The number of fused-ring (bicyclic) bond motifs is 1. The Kier molecular flexibility index (Phi) is 9.98. The molecule has 0 aliphatic carbocycles. The van der Waals surface area contributed by atoms with E-state index < -0.39 is 11.5 Å². The molecule has 42 heavy (non-hydrogen) atoms. The van der Waals surface area contributed by atoms with Crippen molar-refractivity contribution in [2.24, 2.45) is 5.92 Å². The average molecular weight is 592 g/mol. The van der Waals surface area contributed by atoms with Crippen molar-refractivity contribution in [2.75, 3.05) is 34.0 Å². The van der Waals surface area contributed by atoms with E-state index in [1.807, 2.05) is 38.3 Å². The maximum atomic E-state index is 14.0. The summed E-state index contributed by atoms with van der Waals surface area (Å²) < 4.78 is 23.7. The van der Waals surface area contributed by atoms with E-state index in [1.165, 1.54) is 7.11 Å². The van der Waals surface area contributed by atoms with Crippen LogP contribution in [-0.2, 0) is 4.74 Å². The van der Waals surface area contributed by atoms with Crippen molar-refractivity contribution < 1.29 is 33.6 Å². The van der Waals surface area contributed by atoms with Gasteiger partial charge in [0.15, 0.2) is 23.1 Å². The predicted molar refractivity (Wildman–Crippen MR) is 164 cm³/mol. The van der Waals surface area contributed by atoms with Crippen LogP contribution in [0.5, 0.6) is 17.2 Å². The second-order valence-electron chi connectivity index (χ2n) is 10.9. The van der Waals surface area contributed by atoms with E-state index >= 15 is 0 Å². The Labute approximate surface area is 250 Å². The van der Waals surface area contributed by atoms with Gasteiger partial charge >= 0.3 is 0 Å². The fourth-order valence-electron chi connectivity index (χ4n) is 4.57. The van der Waals surface area contributed by atoms with Crippen LogP contribution in [-0.4, -0.2) is 61.3 Å². The van der Waals surface area contributed by atoms with E-state index in [-0.39, 0.29) is 43.5 Å². The van der Waals surface area contributed by atoms with Crippen molar-refractivity contribution in [3.63, 3.8) is 0 Å². The van der Waals surface area contributed by atoms with E-state index in [9.17, 15) is 9.59 Å². The molecule has 2 aromatic heterocycles. The number of aliphatic hydroxyl groups is 1. The predicted octanol–water partition coefficient (Wildman–Crippen LogP) is 6.55. The van der Waals surface area contributed by atoms with Gasteiger partial charge in [0.25, 0.3) is 0 Å². The van der Waals surface area contributed by atoms with Gasteiger partial charge in [0.05, 0.1) is 39.0 Å². The Balaban J connectivity index is 1.67. The molecule has 0 amide bonds. The number of aryl methyl sites for hydroxylation is 1. The summed E-state index contributed by atoms with van der Waals surface area (Å²) in [5.74, 6) is 0.0267. The molecule has 4 aromatic rings. The Bertz CT molecular complexity index is 1570. The molecular weight excluding hydrogens is 554 g/mol. The maximum Gasteiger partial charge on any atom is 0.187 e. The normalized spacial score (nSPS) is 12.3. The summed E-state index contributed by atoms with van der Waals surface area (Å²) in [7, 11) is 3.05. The van der Waals surface area contributed by atoms with Crippen molar-refractivity contribution in [1.29, 1.82) is 0 Å². The van der Waals surface area contributed by atoms with Gasteiger partial charge in [-0.3, -0.25) is 9.59 Å². The third-order valence-electron chi connectivity index (χ3n) is 6.74. The summed E-state index contributed by atoms with van der Waals surface area (Å²) in [4.78, 5) is 32.2. The number of pyridine rings is 1. The fourth-order valence-corrected chi connectivity index (χ4v) is 5.60. The first-order valence-corrected chi connectivity index (χ1v) is 14.6. The lowest BCUT2D eigenvalue weighted by atomic mass is 9.92. The average Bonchev–Trinajstić information content (AvgIpc) is 3.42. The number of ketones is 2. The molecule has 8 nitrogen and oxygen atoms in total. The highest BCUT2D eigenvalue weighted by atomic mass is 32.1. The lowest BCUT2D eigenvalue weighted by Crippen LogP contribution is -2.30. The zero-order valence-corrected chi connectivity index (χ0v) is 25.7. The minimum atomic E-state index is -0.775. The second-order valence-corrected chi connectivity index (χ2v) is 11.8. The van der Waals surface area contributed by atoms with E-state index in [1.54, 1.807) is 48.8 Å². The number of carbonyl (C=O) groups excluding carboxylic acids is 2. The molecular formula is C33H37NO7S. The molecule has 0 fully saturated rings. The van der Waals surface area contributed by atoms with Gasteiger partial charge < -0.3 is 24.1 Å². The number of hydrogen-bond acceptors (Lipinski definition) is 9. The van der Waals surface area contributed by atoms with E-state index in [2.05, 4.69) is 13.0 Å². The lowest BCUT2D eigenvalue weighted by Gasteiger charge is -2.24. The van der Waals surface area contributed by atoms with Gasteiger partial charge in [-0.25, -0.2) is 4.98 Å². The number of Topliss-reactive ketones (excluding diaryl/α,β-unsaturated/α-hetero) is 2. The van der Waals surface area contributed by atoms with Crippen LogP contribution in [0.2, 0.25) is 0 Å². The molecule has 1 N–H and O–H groups in total. The molecule has 0 spiro atoms. The minimum absolute atomic E-state index is 0.0481.